The van der Waals surface area contributed by atoms with Crippen LogP contribution in [-0.4, -0.2) is 19.0 Å². The lowest BCUT2D eigenvalue weighted by molar-refractivity contribution is -0.115. The molecule has 0 atom stereocenters. The molecule has 0 saturated heterocycles. The van der Waals surface area contributed by atoms with Crippen molar-refractivity contribution in [1.29, 1.82) is 0 Å². The Hall–Kier alpha value is -3.12. The van der Waals surface area contributed by atoms with Crippen LogP contribution in [0.25, 0.3) is 0 Å². The highest BCUT2D eigenvalue weighted by molar-refractivity contribution is 7.15. The zero-order chi connectivity index (χ0) is 19.2. The predicted octanol–water partition coefficient (Wildman–Crippen LogP) is 4.82. The molecule has 0 unspecified atom stereocenters. The van der Waals surface area contributed by atoms with Crippen LogP contribution < -0.4 is 10.1 Å². The monoisotopic (exact) mass is 381 g/mol. The van der Waals surface area contributed by atoms with Crippen molar-refractivity contribution < 1.29 is 19.1 Å². The number of nitrogens with one attached hydrogen (secondary N) is 1. The lowest BCUT2D eigenvalue weighted by Crippen LogP contribution is -2.16. The minimum atomic E-state index is -0.456. The Morgan fingerprint density at radius 3 is 2.52 bits per heavy atom. The van der Waals surface area contributed by atoms with Gasteiger partial charge in [-0.2, -0.15) is 0 Å². The number of ether oxygens (including phenoxy) is 2. The molecule has 1 heterocycles. The SMILES string of the molecule is COC(=O)c1c(C)csc1NC(=O)Cc1cccc(Oc2ccccc2)c1. The number of thiophene rings is 1. The van der Waals surface area contributed by atoms with Gasteiger partial charge in [-0.25, -0.2) is 4.79 Å². The molecule has 0 aliphatic heterocycles. The highest BCUT2D eigenvalue weighted by Crippen LogP contribution is 2.29. The van der Waals surface area contributed by atoms with Crippen LogP contribution in [0.2, 0.25) is 0 Å². The van der Waals surface area contributed by atoms with Crippen molar-refractivity contribution >= 4 is 28.2 Å². The van der Waals surface area contributed by atoms with Crippen LogP contribution >= 0.6 is 11.3 Å². The van der Waals surface area contributed by atoms with Gasteiger partial charge < -0.3 is 14.8 Å². The van der Waals surface area contributed by atoms with Crippen LogP contribution in [0.1, 0.15) is 21.5 Å². The van der Waals surface area contributed by atoms with E-state index in [0.717, 1.165) is 16.9 Å². The summed E-state index contributed by atoms with van der Waals surface area (Å²) < 4.78 is 10.6. The van der Waals surface area contributed by atoms with Crippen LogP contribution in [0.3, 0.4) is 0 Å². The molecule has 1 N–H and O–H groups in total. The molecule has 0 saturated carbocycles. The van der Waals surface area contributed by atoms with Crippen molar-refractivity contribution in [2.24, 2.45) is 0 Å². The first-order valence-corrected chi connectivity index (χ1v) is 9.23. The fourth-order valence-corrected chi connectivity index (χ4v) is 3.54. The van der Waals surface area contributed by atoms with E-state index >= 15 is 0 Å². The second-order valence-corrected chi connectivity index (χ2v) is 6.78. The molecule has 5 nitrogen and oxygen atoms in total. The Labute approximate surface area is 161 Å². The van der Waals surface area contributed by atoms with E-state index < -0.39 is 5.97 Å². The lowest BCUT2D eigenvalue weighted by atomic mass is 10.1. The molecular weight excluding hydrogens is 362 g/mol. The Morgan fingerprint density at radius 2 is 1.78 bits per heavy atom. The number of carbonyl (C=O) groups excluding carboxylic acids is 2. The van der Waals surface area contributed by atoms with Gasteiger partial charge in [-0.05, 0) is 47.7 Å². The number of methoxy groups -OCH3 is 1. The van der Waals surface area contributed by atoms with Crippen LogP contribution in [-0.2, 0) is 16.0 Å². The molecule has 6 heteroatoms. The van der Waals surface area contributed by atoms with E-state index in [-0.39, 0.29) is 12.3 Å². The Bertz CT molecular complexity index is 950. The third kappa shape index (κ3) is 4.74. The number of amides is 1. The van der Waals surface area contributed by atoms with E-state index in [4.69, 9.17) is 9.47 Å². The van der Waals surface area contributed by atoms with Crippen molar-refractivity contribution in [3.8, 4) is 11.5 Å². The van der Waals surface area contributed by atoms with Crippen LogP contribution in [0, 0.1) is 6.92 Å². The van der Waals surface area contributed by atoms with Gasteiger partial charge in [-0.3, -0.25) is 4.79 Å². The van der Waals surface area contributed by atoms with Crippen molar-refractivity contribution in [3.63, 3.8) is 0 Å². The first kappa shape index (κ1) is 18.7. The van der Waals surface area contributed by atoms with Gasteiger partial charge in [0.05, 0.1) is 19.1 Å². The molecule has 27 heavy (non-hydrogen) atoms. The maximum Gasteiger partial charge on any atom is 0.341 e. The Kier molecular flexibility index (Phi) is 5.88. The largest absolute Gasteiger partial charge is 0.465 e. The molecule has 0 spiro atoms. The number of hydrogen-bond acceptors (Lipinski definition) is 5. The average molecular weight is 381 g/mol. The fourth-order valence-electron chi connectivity index (χ4n) is 2.59. The molecular formula is C21H19NO4S. The summed E-state index contributed by atoms with van der Waals surface area (Å²) >= 11 is 1.31. The standard InChI is InChI=1S/C21H19NO4S/c1-14-13-27-20(19(14)21(24)25-2)22-18(23)12-15-7-6-10-17(11-15)26-16-8-4-3-5-9-16/h3-11,13H,12H2,1-2H3,(H,22,23). The third-order valence-corrected chi connectivity index (χ3v) is 4.87. The third-order valence-electron chi connectivity index (χ3n) is 3.86. The van der Waals surface area contributed by atoms with Crippen molar-refractivity contribution in [2.45, 2.75) is 13.3 Å². The van der Waals surface area contributed by atoms with Crippen LogP contribution in [0.5, 0.6) is 11.5 Å². The van der Waals surface area contributed by atoms with Gasteiger partial charge in [-0.15, -0.1) is 11.3 Å². The molecule has 1 amide bonds. The van der Waals surface area contributed by atoms with Crippen LogP contribution in [0.4, 0.5) is 5.00 Å². The van der Waals surface area contributed by atoms with E-state index in [1.54, 1.807) is 0 Å². The Balaban J connectivity index is 1.68. The molecule has 0 aliphatic rings. The van der Waals surface area contributed by atoms with Crippen molar-refractivity contribution in [1.82, 2.24) is 0 Å². The molecule has 138 valence electrons. The highest BCUT2D eigenvalue weighted by atomic mass is 32.1. The molecule has 0 fully saturated rings. The highest BCUT2D eigenvalue weighted by Gasteiger charge is 2.19. The smallest absolute Gasteiger partial charge is 0.341 e. The first-order chi connectivity index (χ1) is 13.1. The minimum absolute atomic E-state index is 0.170. The van der Waals surface area contributed by atoms with Gasteiger partial charge in [0.2, 0.25) is 5.91 Å². The molecule has 0 bridgehead atoms. The van der Waals surface area contributed by atoms with Gasteiger partial charge >= 0.3 is 5.97 Å². The van der Waals surface area contributed by atoms with Crippen LogP contribution in [0.15, 0.2) is 60.0 Å². The Morgan fingerprint density at radius 1 is 1.04 bits per heavy atom. The molecule has 0 radical (unpaired) electrons. The maximum absolute atomic E-state index is 12.4. The molecule has 1 aromatic heterocycles. The molecule has 3 rings (SSSR count). The molecule has 2 aromatic carbocycles. The number of carbonyl (C=O) groups is 2. The summed E-state index contributed by atoms with van der Waals surface area (Å²) in [6.45, 7) is 1.81. The summed E-state index contributed by atoms with van der Waals surface area (Å²) in [5, 5.41) is 5.12. The van der Waals surface area contributed by atoms with E-state index in [0.29, 0.717) is 16.3 Å². The minimum Gasteiger partial charge on any atom is -0.465 e. The van der Waals surface area contributed by atoms with Crippen molar-refractivity contribution in [3.05, 3.63) is 76.7 Å². The maximum atomic E-state index is 12.4. The summed E-state index contributed by atoms with van der Waals surface area (Å²) in [6.07, 6.45) is 0.170. The second kappa shape index (κ2) is 8.51. The number of hydrogen-bond donors (Lipinski definition) is 1. The number of aryl methyl sites for hydroxylation is 1. The quantitative estimate of drug-likeness (QED) is 0.622. The van der Waals surface area contributed by atoms with Gasteiger partial charge in [0.15, 0.2) is 0 Å². The molecule has 3 aromatic rings. The van der Waals surface area contributed by atoms with E-state index in [1.165, 1.54) is 18.4 Å². The van der Waals surface area contributed by atoms with E-state index in [1.807, 2.05) is 66.9 Å². The first-order valence-electron chi connectivity index (χ1n) is 8.35. The summed E-state index contributed by atoms with van der Waals surface area (Å²) in [7, 11) is 1.32. The van der Waals surface area contributed by atoms with E-state index in [2.05, 4.69) is 5.32 Å². The number of benzene rings is 2. The molecule has 0 aliphatic carbocycles. The summed E-state index contributed by atoms with van der Waals surface area (Å²) in [4.78, 5) is 24.3. The number of rotatable bonds is 6. The average Bonchev–Trinajstić information content (AvgIpc) is 3.02. The van der Waals surface area contributed by atoms with Gasteiger partial charge in [0, 0.05) is 0 Å². The topological polar surface area (TPSA) is 64.6 Å². The van der Waals surface area contributed by atoms with Gasteiger partial charge in [-0.1, -0.05) is 30.3 Å². The normalized spacial score (nSPS) is 10.3. The number of anilines is 1. The zero-order valence-corrected chi connectivity index (χ0v) is 15.8. The fraction of sp³-hybridized carbons (Fsp3) is 0.143. The van der Waals surface area contributed by atoms with E-state index in [9.17, 15) is 9.59 Å². The summed E-state index contributed by atoms with van der Waals surface area (Å²) in [6, 6.07) is 16.8. The number of para-hydroxylation sites is 1. The van der Waals surface area contributed by atoms with Gasteiger partial charge in [0.1, 0.15) is 16.5 Å². The second-order valence-electron chi connectivity index (χ2n) is 5.90. The number of esters is 1. The summed E-state index contributed by atoms with van der Waals surface area (Å²) in [5.74, 6) is 0.728. The van der Waals surface area contributed by atoms with Gasteiger partial charge in [0.25, 0.3) is 0 Å². The zero-order valence-electron chi connectivity index (χ0n) is 15.0. The summed E-state index contributed by atoms with van der Waals surface area (Å²) in [5.41, 5.74) is 1.99. The predicted molar refractivity (Wildman–Crippen MR) is 106 cm³/mol. The van der Waals surface area contributed by atoms with Crippen molar-refractivity contribution in [2.75, 3.05) is 12.4 Å². The lowest BCUT2D eigenvalue weighted by Gasteiger charge is -2.09.